The molecule has 0 aliphatic heterocycles. The second-order valence-corrected chi connectivity index (χ2v) is 4.43. The average Bonchev–Trinajstić information content (AvgIpc) is 2.49. The van der Waals surface area contributed by atoms with Crippen molar-refractivity contribution in [2.45, 2.75) is 25.9 Å². The third-order valence-electron chi connectivity index (χ3n) is 2.76. The van der Waals surface area contributed by atoms with Gasteiger partial charge >= 0.3 is 0 Å². The van der Waals surface area contributed by atoms with E-state index in [4.69, 9.17) is 10.2 Å². The first-order valence-corrected chi connectivity index (χ1v) is 6.25. The number of rotatable bonds is 6. The first-order valence-electron chi connectivity index (χ1n) is 8.25. The Hall–Kier alpha value is -1.58. The lowest BCUT2D eigenvalue weighted by atomic mass is 10.1. The number of ether oxygens (including phenoxy) is 1. The van der Waals surface area contributed by atoms with Gasteiger partial charge in [-0.2, -0.15) is 0 Å². The molecule has 2 atom stereocenters. The highest BCUT2D eigenvalue weighted by Crippen LogP contribution is 2.25. The van der Waals surface area contributed by atoms with Crippen molar-refractivity contribution in [3.05, 3.63) is 42.5 Å². The predicted molar refractivity (Wildman–Crippen MR) is 78.6 cm³/mol. The van der Waals surface area contributed by atoms with Crippen molar-refractivity contribution >= 4 is 10.8 Å². The Labute approximate surface area is 119 Å². The molecule has 0 amide bonds. The molecule has 3 heteroatoms. The Morgan fingerprint density at radius 3 is 2.95 bits per heavy atom. The summed E-state index contributed by atoms with van der Waals surface area (Å²) in [5.41, 5.74) is 0. The van der Waals surface area contributed by atoms with Crippen LogP contribution in [-0.2, 0) is 0 Å². The van der Waals surface area contributed by atoms with Gasteiger partial charge in [0.2, 0.25) is 0 Å². The zero-order valence-electron chi connectivity index (χ0n) is 14.9. The molecule has 2 unspecified atom stereocenters. The lowest BCUT2D eigenvalue weighted by Gasteiger charge is -2.15. The van der Waals surface area contributed by atoms with Gasteiger partial charge in [0, 0.05) is 22.1 Å². The van der Waals surface area contributed by atoms with Crippen LogP contribution in [0.15, 0.2) is 42.5 Å². The molecule has 19 heavy (non-hydrogen) atoms. The molecule has 0 aliphatic rings. The summed E-state index contributed by atoms with van der Waals surface area (Å²) in [6, 6.07) is 12.4. The van der Waals surface area contributed by atoms with E-state index in [1.165, 1.54) is 6.92 Å². The van der Waals surface area contributed by atoms with Crippen molar-refractivity contribution in [2.75, 3.05) is 13.2 Å². The first-order chi connectivity index (χ1) is 10.7. The maximum absolute atomic E-state index is 10.1. The molecule has 3 nitrogen and oxygen atoms in total. The number of benzene rings is 2. The maximum atomic E-state index is 10.1. The van der Waals surface area contributed by atoms with Crippen LogP contribution in [0.2, 0.25) is 0 Å². The number of hydrogen-bond donors (Lipinski definition) is 2. The van der Waals surface area contributed by atoms with Crippen molar-refractivity contribution in [2.24, 2.45) is 0 Å². The molecule has 2 aromatic carbocycles. The summed E-state index contributed by atoms with van der Waals surface area (Å²) in [5, 5.41) is 14.6. The van der Waals surface area contributed by atoms with Gasteiger partial charge in [0.25, 0.3) is 0 Å². The van der Waals surface area contributed by atoms with Gasteiger partial charge in [0.15, 0.2) is 0 Å². The molecular formula is C16H21NO2. The third-order valence-corrected chi connectivity index (χ3v) is 2.76. The minimum Gasteiger partial charge on any atom is -0.490 e. The Bertz CT molecular complexity index is 653. The first kappa shape index (κ1) is 9.34. The fraction of sp³-hybridized carbons (Fsp3) is 0.375. The zero-order valence-corrected chi connectivity index (χ0v) is 10.9. The van der Waals surface area contributed by atoms with Crippen molar-refractivity contribution < 1.29 is 15.3 Å². The monoisotopic (exact) mass is 263 g/mol. The van der Waals surface area contributed by atoms with E-state index in [-0.39, 0.29) is 13.2 Å². The molecule has 2 rings (SSSR count). The summed E-state index contributed by atoms with van der Waals surface area (Å²) < 4.78 is 35.3. The van der Waals surface area contributed by atoms with Crippen LogP contribution >= 0.6 is 0 Å². The van der Waals surface area contributed by atoms with E-state index in [0.29, 0.717) is 5.75 Å². The van der Waals surface area contributed by atoms with E-state index in [1.807, 2.05) is 36.4 Å². The smallest absolute Gasteiger partial charge is 0.127 e. The summed E-state index contributed by atoms with van der Waals surface area (Å²) >= 11 is 0. The van der Waals surface area contributed by atoms with Crippen LogP contribution in [0.5, 0.6) is 5.75 Å². The minimum atomic E-state index is -2.17. The highest BCUT2D eigenvalue weighted by molar-refractivity contribution is 5.88. The van der Waals surface area contributed by atoms with Gasteiger partial charge in [-0.25, -0.2) is 0 Å². The van der Waals surface area contributed by atoms with Gasteiger partial charge in [-0.05, 0) is 11.5 Å². The Balaban J connectivity index is 1.98. The summed E-state index contributed by atoms with van der Waals surface area (Å²) in [6.07, 6.45) is -1.92. The van der Waals surface area contributed by atoms with Crippen LogP contribution in [0.3, 0.4) is 0 Å². The summed E-state index contributed by atoms with van der Waals surface area (Å²) in [7, 11) is 0. The summed E-state index contributed by atoms with van der Waals surface area (Å²) in [5.74, 6) is 0.581. The topological polar surface area (TPSA) is 41.5 Å². The van der Waals surface area contributed by atoms with Gasteiger partial charge < -0.3 is 15.2 Å². The second-order valence-electron chi connectivity index (χ2n) is 4.43. The van der Waals surface area contributed by atoms with E-state index in [9.17, 15) is 5.11 Å². The molecule has 0 bridgehead atoms. The van der Waals surface area contributed by atoms with Crippen LogP contribution < -0.4 is 10.1 Å². The predicted octanol–water partition coefficient (Wildman–Crippen LogP) is 2.58. The number of fused-ring (bicyclic) bond motifs is 1. The molecule has 2 N–H and O–H groups in total. The lowest BCUT2D eigenvalue weighted by Crippen LogP contribution is -2.35. The molecule has 0 aromatic heterocycles. The Morgan fingerprint density at radius 2 is 2.11 bits per heavy atom. The van der Waals surface area contributed by atoms with Crippen molar-refractivity contribution in [1.29, 1.82) is 0 Å². The van der Waals surface area contributed by atoms with E-state index in [1.54, 1.807) is 6.07 Å². The SMILES string of the molecule is [2H]C(O)(CNC(C)C([2H])([2H])[2H])COc1cccc2ccccc12. The quantitative estimate of drug-likeness (QED) is 0.841. The zero-order chi connectivity index (χ0) is 17.1. The van der Waals surface area contributed by atoms with Gasteiger partial charge in [0.1, 0.15) is 18.4 Å². The maximum Gasteiger partial charge on any atom is 0.127 e. The number of hydrogen-bond acceptors (Lipinski definition) is 3. The molecule has 0 fully saturated rings. The van der Waals surface area contributed by atoms with E-state index in [2.05, 4.69) is 5.32 Å². The van der Waals surface area contributed by atoms with E-state index < -0.39 is 19.0 Å². The fourth-order valence-corrected chi connectivity index (χ4v) is 1.80. The molecule has 0 heterocycles. The van der Waals surface area contributed by atoms with Crippen molar-refractivity contribution in [3.8, 4) is 5.75 Å². The van der Waals surface area contributed by atoms with E-state index in [0.717, 1.165) is 10.8 Å². The molecule has 2 aromatic rings. The number of nitrogens with one attached hydrogen (secondary N) is 1. The Morgan fingerprint density at radius 1 is 1.32 bits per heavy atom. The largest absolute Gasteiger partial charge is 0.490 e. The molecule has 0 spiro atoms. The summed E-state index contributed by atoms with van der Waals surface area (Å²) in [6.45, 7) is -1.14. The van der Waals surface area contributed by atoms with Crippen LogP contribution in [0.1, 0.15) is 19.3 Å². The van der Waals surface area contributed by atoms with E-state index >= 15 is 0 Å². The van der Waals surface area contributed by atoms with Crippen LogP contribution in [0, 0.1) is 0 Å². The average molecular weight is 263 g/mol. The molecule has 102 valence electrons. The van der Waals surface area contributed by atoms with Gasteiger partial charge in [-0.15, -0.1) is 0 Å². The standard InChI is InChI=1S/C16H21NO2/c1-12(2)17-10-14(18)11-19-16-9-5-7-13-6-3-4-8-15(13)16/h3-9,12,14,17-18H,10-11H2,1-2H3/i1D3,14D. The molecule has 0 radical (unpaired) electrons. The van der Waals surface area contributed by atoms with Crippen LogP contribution in [0.4, 0.5) is 0 Å². The summed E-state index contributed by atoms with van der Waals surface area (Å²) in [4.78, 5) is 0. The molecule has 0 saturated heterocycles. The van der Waals surface area contributed by atoms with Gasteiger partial charge in [-0.3, -0.25) is 0 Å². The third kappa shape index (κ3) is 3.94. The highest BCUT2D eigenvalue weighted by atomic mass is 16.5. The Kier molecular flexibility index (Phi) is 3.22. The van der Waals surface area contributed by atoms with Gasteiger partial charge in [-0.1, -0.05) is 50.2 Å². The second kappa shape index (κ2) is 6.55. The van der Waals surface area contributed by atoms with Gasteiger partial charge in [0.05, 0.1) is 1.37 Å². The number of aliphatic hydroxyl groups is 1. The molecule has 0 saturated carbocycles. The minimum absolute atomic E-state index is 0.197. The molecule has 0 aliphatic carbocycles. The normalized spacial score (nSPS) is 19.7. The lowest BCUT2D eigenvalue weighted by molar-refractivity contribution is 0.105. The fourth-order valence-electron chi connectivity index (χ4n) is 1.80. The molecular weight excluding hydrogens is 238 g/mol. The van der Waals surface area contributed by atoms with Crippen LogP contribution in [0.25, 0.3) is 10.8 Å². The van der Waals surface area contributed by atoms with Crippen molar-refractivity contribution in [1.82, 2.24) is 5.32 Å². The van der Waals surface area contributed by atoms with Crippen molar-refractivity contribution in [3.63, 3.8) is 0 Å². The van der Waals surface area contributed by atoms with Crippen LogP contribution in [-0.4, -0.2) is 30.4 Å². The highest BCUT2D eigenvalue weighted by Gasteiger charge is 2.07.